The lowest BCUT2D eigenvalue weighted by Gasteiger charge is -2.43. The van der Waals surface area contributed by atoms with Crippen molar-refractivity contribution >= 4 is 52.2 Å². The van der Waals surface area contributed by atoms with Gasteiger partial charge in [-0.1, -0.05) is 29.5 Å². The van der Waals surface area contributed by atoms with Crippen molar-refractivity contribution in [1.29, 1.82) is 0 Å². The van der Waals surface area contributed by atoms with E-state index in [0.717, 1.165) is 33.9 Å². The van der Waals surface area contributed by atoms with E-state index in [1.54, 1.807) is 7.11 Å². The quantitative estimate of drug-likeness (QED) is 0.184. The highest BCUT2D eigenvalue weighted by molar-refractivity contribution is 8.00. The third-order valence-corrected chi connectivity index (χ3v) is 13.1. The van der Waals surface area contributed by atoms with E-state index in [1.807, 2.05) is 24.3 Å². The molecular weight excluding hydrogens is 683 g/mol. The second-order valence-electron chi connectivity index (χ2n) is 12.8. The number of fused-ring (bicyclic) bond motifs is 9. The van der Waals surface area contributed by atoms with E-state index in [0.29, 0.717) is 22.9 Å². The molecule has 8 nitrogen and oxygen atoms in total. The summed E-state index contributed by atoms with van der Waals surface area (Å²) >= 11 is 2.45. The van der Waals surface area contributed by atoms with Crippen LogP contribution in [0.4, 0.5) is 28.9 Å². The van der Waals surface area contributed by atoms with Crippen LogP contribution in [0.25, 0.3) is 0 Å². The molecule has 4 aromatic rings. The number of alkyl halides is 3. The zero-order chi connectivity index (χ0) is 34.4. The first-order chi connectivity index (χ1) is 23.4. The van der Waals surface area contributed by atoms with Crippen LogP contribution in [0.3, 0.4) is 0 Å². The first kappa shape index (κ1) is 31.8. The van der Waals surface area contributed by atoms with Crippen LogP contribution in [0.2, 0.25) is 0 Å². The number of anilines is 2. The van der Waals surface area contributed by atoms with Gasteiger partial charge in [-0.15, -0.1) is 11.8 Å². The Morgan fingerprint density at radius 3 is 2.33 bits per heavy atom. The lowest BCUT2D eigenvalue weighted by molar-refractivity contribution is -0.137. The van der Waals surface area contributed by atoms with E-state index in [2.05, 4.69) is 5.32 Å². The Balaban J connectivity index is 1.15. The summed E-state index contributed by atoms with van der Waals surface area (Å²) in [5.74, 6) is -3.02. The fourth-order valence-electron chi connectivity index (χ4n) is 8.40. The van der Waals surface area contributed by atoms with Gasteiger partial charge in [-0.05, 0) is 84.3 Å². The third kappa shape index (κ3) is 5.09. The van der Waals surface area contributed by atoms with E-state index < -0.39 is 46.7 Å². The Morgan fingerprint density at radius 2 is 1.65 bits per heavy atom. The molecule has 1 saturated heterocycles. The summed E-state index contributed by atoms with van der Waals surface area (Å²) < 4.78 is 60.2. The van der Waals surface area contributed by atoms with Crippen molar-refractivity contribution in [3.05, 3.63) is 104 Å². The average molecular weight is 710 g/mol. The van der Waals surface area contributed by atoms with Crippen molar-refractivity contribution in [1.82, 2.24) is 4.57 Å². The summed E-state index contributed by atoms with van der Waals surface area (Å²) in [5, 5.41) is 2.90. The van der Waals surface area contributed by atoms with E-state index in [1.165, 1.54) is 57.6 Å². The van der Waals surface area contributed by atoms with E-state index in [-0.39, 0.29) is 46.4 Å². The van der Waals surface area contributed by atoms with Crippen LogP contribution in [0, 0.1) is 35.4 Å². The summed E-state index contributed by atoms with van der Waals surface area (Å²) in [6, 6.07) is 17.1. The molecule has 8 rings (SSSR count). The van der Waals surface area contributed by atoms with Gasteiger partial charge in [-0.3, -0.25) is 28.6 Å². The highest BCUT2D eigenvalue weighted by atomic mass is 32.2. The number of ether oxygens (including phenoxy) is 1. The Bertz CT molecular complexity index is 2060. The lowest BCUT2D eigenvalue weighted by Crippen LogP contribution is -2.43. The molecule has 3 amide bonds. The maximum Gasteiger partial charge on any atom is 0.416 e. The minimum Gasteiger partial charge on any atom is -0.497 e. The van der Waals surface area contributed by atoms with Crippen molar-refractivity contribution in [3.8, 4) is 5.75 Å². The standard InChI is InChI=1S/C35H27F4N3O5S2/c1-47-21-11-5-16(6-12-21)25-26-22-14-23(28-27(22)31(44)42(32(28)45)20-9-7-18(36)8-10-20)29(26)48-33-30(25)49-34(46)41(33)15-24(43)40-19-4-2-3-17(13-19)35(37,38)39/h2-13,22-23,25-29H,14-15H2,1H3,(H,40,43). The van der Waals surface area contributed by atoms with Crippen LogP contribution in [-0.4, -0.2) is 34.6 Å². The zero-order valence-corrected chi connectivity index (χ0v) is 27.3. The Morgan fingerprint density at radius 1 is 0.959 bits per heavy atom. The number of carbonyl (C=O) groups excluding carboxylic acids is 3. The minimum absolute atomic E-state index is 0.0462. The van der Waals surface area contributed by atoms with Gasteiger partial charge in [0.25, 0.3) is 0 Å². The van der Waals surface area contributed by atoms with Gasteiger partial charge in [-0.25, -0.2) is 4.39 Å². The molecule has 2 bridgehead atoms. The van der Waals surface area contributed by atoms with Gasteiger partial charge in [0.15, 0.2) is 0 Å². The second-order valence-corrected chi connectivity index (χ2v) is 14.9. The molecule has 2 aliphatic carbocycles. The van der Waals surface area contributed by atoms with Crippen LogP contribution >= 0.6 is 23.1 Å². The summed E-state index contributed by atoms with van der Waals surface area (Å²) in [7, 11) is 1.56. The highest BCUT2D eigenvalue weighted by Gasteiger charge is 2.69. The topological polar surface area (TPSA) is 97.7 Å². The predicted octanol–water partition coefficient (Wildman–Crippen LogP) is 6.39. The number of nitrogens with one attached hydrogen (secondary N) is 1. The smallest absolute Gasteiger partial charge is 0.416 e. The van der Waals surface area contributed by atoms with Crippen LogP contribution in [-0.2, 0) is 27.1 Å². The molecule has 14 heteroatoms. The monoisotopic (exact) mass is 709 g/mol. The van der Waals surface area contributed by atoms with E-state index in [4.69, 9.17) is 4.74 Å². The number of thiazole rings is 1. The maximum atomic E-state index is 14.0. The summed E-state index contributed by atoms with van der Waals surface area (Å²) in [5.41, 5.74) is 0.268. The maximum absolute atomic E-state index is 14.0. The number of hydrogen-bond acceptors (Lipinski definition) is 7. The fraction of sp³-hybridized carbons (Fsp3) is 0.314. The number of imide groups is 1. The Labute approximate surface area is 285 Å². The molecule has 0 radical (unpaired) electrons. The number of nitrogens with zero attached hydrogens (tertiary/aromatic N) is 2. The van der Waals surface area contributed by atoms with Crippen LogP contribution in [0.5, 0.6) is 5.75 Å². The highest BCUT2D eigenvalue weighted by Crippen LogP contribution is 2.69. The number of carbonyl (C=O) groups is 3. The van der Waals surface area contributed by atoms with Crippen molar-refractivity contribution in [3.63, 3.8) is 0 Å². The molecule has 4 aliphatic rings. The number of benzene rings is 3. The molecule has 49 heavy (non-hydrogen) atoms. The number of rotatable bonds is 6. The SMILES string of the molecule is COc1ccc(C2c3sc(=O)n(CC(=O)Nc4cccc(C(F)(F)F)c4)c3SC3C4CC(C5C(=O)N(c6ccc(F)cc6)C(=O)C45)C23)cc1. The molecule has 3 fully saturated rings. The molecule has 1 N–H and O–H groups in total. The van der Waals surface area contributed by atoms with Gasteiger partial charge in [0.2, 0.25) is 17.7 Å². The predicted molar refractivity (Wildman–Crippen MR) is 174 cm³/mol. The fourth-order valence-corrected chi connectivity index (χ4v) is 11.5. The normalized spacial score (nSPS) is 26.8. The summed E-state index contributed by atoms with van der Waals surface area (Å²) in [6.45, 7) is -0.420. The van der Waals surface area contributed by atoms with Crippen molar-refractivity contribution in [2.45, 2.75) is 35.3 Å². The first-order valence-electron chi connectivity index (χ1n) is 15.6. The number of methoxy groups -OCH3 is 1. The average Bonchev–Trinajstić information content (AvgIpc) is 3.80. The van der Waals surface area contributed by atoms with Crippen LogP contribution < -0.4 is 19.8 Å². The first-order valence-corrected chi connectivity index (χ1v) is 17.3. The van der Waals surface area contributed by atoms with E-state index in [9.17, 15) is 36.7 Å². The third-order valence-electron chi connectivity index (χ3n) is 10.3. The number of hydrogen-bond donors (Lipinski definition) is 1. The molecule has 7 unspecified atom stereocenters. The minimum atomic E-state index is -4.59. The molecular formula is C35H27F4N3O5S2. The van der Waals surface area contributed by atoms with Crippen LogP contribution in [0.15, 0.2) is 82.6 Å². The largest absolute Gasteiger partial charge is 0.497 e. The van der Waals surface area contributed by atoms with Gasteiger partial charge >= 0.3 is 11.0 Å². The molecule has 2 aliphatic heterocycles. The second kappa shape index (κ2) is 11.6. The molecule has 252 valence electrons. The Kier molecular flexibility index (Phi) is 7.52. The van der Waals surface area contributed by atoms with Crippen molar-refractivity contribution in [2.24, 2.45) is 29.6 Å². The number of aromatic nitrogens is 1. The number of halogens is 4. The molecule has 0 spiro atoms. The van der Waals surface area contributed by atoms with Gasteiger partial charge in [0.05, 0.1) is 35.2 Å². The summed E-state index contributed by atoms with van der Waals surface area (Å²) in [4.78, 5) is 56.1. The van der Waals surface area contributed by atoms with E-state index >= 15 is 0 Å². The van der Waals surface area contributed by atoms with Crippen molar-refractivity contribution < 1.29 is 36.7 Å². The van der Waals surface area contributed by atoms with Gasteiger partial charge in [-0.2, -0.15) is 13.2 Å². The molecule has 7 atom stereocenters. The Hall–Kier alpha value is -4.43. The molecule has 2 saturated carbocycles. The molecule has 1 aromatic heterocycles. The zero-order valence-electron chi connectivity index (χ0n) is 25.6. The van der Waals surface area contributed by atoms with Gasteiger partial charge < -0.3 is 10.1 Å². The number of amides is 3. The molecule has 3 aromatic carbocycles. The van der Waals surface area contributed by atoms with Crippen molar-refractivity contribution in [2.75, 3.05) is 17.3 Å². The molecule has 3 heterocycles. The summed E-state index contributed by atoms with van der Waals surface area (Å²) in [6.07, 6.45) is -3.94. The lowest BCUT2D eigenvalue weighted by atomic mass is 9.68. The van der Waals surface area contributed by atoms with Gasteiger partial charge in [0, 0.05) is 21.7 Å². The number of thioether (sulfide) groups is 1. The van der Waals surface area contributed by atoms with Gasteiger partial charge in [0.1, 0.15) is 18.1 Å². The van der Waals surface area contributed by atoms with Crippen LogP contribution in [0.1, 0.15) is 28.3 Å².